The number of benzene rings is 1. The first kappa shape index (κ1) is 17.2. The van der Waals surface area contributed by atoms with E-state index in [0.29, 0.717) is 12.1 Å². The van der Waals surface area contributed by atoms with Gasteiger partial charge in [0.2, 0.25) is 10.0 Å². The molecule has 0 aliphatic rings. The molecule has 0 spiro atoms. The van der Waals surface area contributed by atoms with Crippen molar-refractivity contribution >= 4 is 21.7 Å². The molecule has 0 bridgehead atoms. The normalized spacial score (nSPS) is 13.0. The van der Waals surface area contributed by atoms with Crippen molar-refractivity contribution in [1.82, 2.24) is 4.31 Å². The lowest BCUT2D eigenvalue weighted by Crippen LogP contribution is -2.23. The van der Waals surface area contributed by atoms with E-state index in [-0.39, 0.29) is 16.5 Å². The van der Waals surface area contributed by atoms with Crippen LogP contribution in [0.15, 0.2) is 35.7 Å². The van der Waals surface area contributed by atoms with Gasteiger partial charge in [0.15, 0.2) is 0 Å². The number of nitrogens with zero attached hydrogens (tertiary/aromatic N) is 1. The Labute approximate surface area is 125 Å². The first-order valence-corrected chi connectivity index (χ1v) is 7.81. The van der Waals surface area contributed by atoms with Crippen LogP contribution >= 0.6 is 0 Å². The lowest BCUT2D eigenvalue weighted by Gasteiger charge is -2.17. The molecule has 0 radical (unpaired) electrons. The zero-order valence-corrected chi connectivity index (χ0v) is 13.1. The number of rotatable bonds is 7. The molecule has 116 valence electrons. The first-order valence-electron chi connectivity index (χ1n) is 6.37. The Morgan fingerprint density at radius 1 is 1.48 bits per heavy atom. The highest BCUT2D eigenvalue weighted by Gasteiger charge is 2.21. The van der Waals surface area contributed by atoms with E-state index in [0.717, 1.165) is 4.31 Å². The molecule has 1 rings (SSSR count). The number of hydrogen-bond acceptors (Lipinski definition) is 4. The number of aromatic carboxylic acids is 1. The van der Waals surface area contributed by atoms with Gasteiger partial charge < -0.3 is 10.4 Å². The van der Waals surface area contributed by atoms with Crippen LogP contribution in [0.3, 0.4) is 0 Å². The SMILES string of the molecule is C=CCC(C)Nc1ccc(S(=O)(=O)N(C)C)cc1C(=O)O. The number of sulfonamides is 1. The Kier molecular flexibility index (Phi) is 5.51. The molecule has 1 unspecified atom stereocenters. The summed E-state index contributed by atoms with van der Waals surface area (Å²) in [6, 6.07) is 4.03. The molecule has 0 saturated carbocycles. The van der Waals surface area contributed by atoms with E-state index in [2.05, 4.69) is 11.9 Å². The van der Waals surface area contributed by atoms with Gasteiger partial charge in [-0.1, -0.05) is 6.08 Å². The van der Waals surface area contributed by atoms with Crippen molar-refractivity contribution in [2.75, 3.05) is 19.4 Å². The molecule has 1 aromatic rings. The van der Waals surface area contributed by atoms with Gasteiger partial charge in [0, 0.05) is 25.8 Å². The zero-order chi connectivity index (χ0) is 16.2. The van der Waals surface area contributed by atoms with E-state index in [1.165, 1.54) is 32.3 Å². The lowest BCUT2D eigenvalue weighted by molar-refractivity contribution is 0.0697. The number of carboxylic acids is 1. The summed E-state index contributed by atoms with van der Waals surface area (Å²) >= 11 is 0. The van der Waals surface area contributed by atoms with Gasteiger partial charge in [0.25, 0.3) is 0 Å². The van der Waals surface area contributed by atoms with Gasteiger partial charge in [-0.25, -0.2) is 17.5 Å². The van der Waals surface area contributed by atoms with Crippen LogP contribution in [-0.4, -0.2) is 43.9 Å². The van der Waals surface area contributed by atoms with Crippen molar-refractivity contribution in [3.63, 3.8) is 0 Å². The van der Waals surface area contributed by atoms with Crippen molar-refractivity contribution in [2.45, 2.75) is 24.3 Å². The van der Waals surface area contributed by atoms with Crippen molar-refractivity contribution in [3.8, 4) is 0 Å². The summed E-state index contributed by atoms with van der Waals surface area (Å²) in [4.78, 5) is 11.3. The average Bonchev–Trinajstić information content (AvgIpc) is 2.38. The third-order valence-electron chi connectivity index (χ3n) is 2.92. The molecule has 0 aliphatic carbocycles. The van der Waals surface area contributed by atoms with Gasteiger partial charge in [0.1, 0.15) is 0 Å². The number of carboxylic acid groups (broad SMARTS) is 1. The fourth-order valence-electron chi connectivity index (χ4n) is 1.77. The highest BCUT2D eigenvalue weighted by Crippen LogP contribution is 2.23. The molecule has 6 nitrogen and oxygen atoms in total. The van der Waals surface area contributed by atoms with Crippen LogP contribution in [0.1, 0.15) is 23.7 Å². The Balaban J connectivity index is 3.26. The Morgan fingerprint density at radius 3 is 2.57 bits per heavy atom. The second kappa shape index (κ2) is 6.73. The molecule has 7 heteroatoms. The fourth-order valence-corrected chi connectivity index (χ4v) is 2.70. The van der Waals surface area contributed by atoms with Gasteiger partial charge in [-0.15, -0.1) is 6.58 Å². The second-order valence-corrected chi connectivity index (χ2v) is 7.02. The fraction of sp³-hybridized carbons (Fsp3) is 0.357. The van der Waals surface area contributed by atoms with Crippen molar-refractivity contribution in [2.24, 2.45) is 0 Å². The molecule has 1 aromatic carbocycles. The van der Waals surface area contributed by atoms with Gasteiger partial charge in [-0.2, -0.15) is 0 Å². The number of hydrogen-bond donors (Lipinski definition) is 2. The van der Waals surface area contributed by atoms with E-state index < -0.39 is 16.0 Å². The molecule has 0 heterocycles. The van der Waals surface area contributed by atoms with Crippen molar-refractivity contribution in [1.29, 1.82) is 0 Å². The summed E-state index contributed by atoms with van der Waals surface area (Å²) in [5, 5.41) is 12.3. The summed E-state index contributed by atoms with van der Waals surface area (Å²) in [6.07, 6.45) is 2.39. The minimum atomic E-state index is -3.66. The van der Waals surface area contributed by atoms with Crippen LogP contribution < -0.4 is 5.32 Å². The number of anilines is 1. The average molecular weight is 312 g/mol. The third kappa shape index (κ3) is 4.05. The van der Waals surface area contributed by atoms with Crippen LogP contribution in [0.2, 0.25) is 0 Å². The van der Waals surface area contributed by atoms with Gasteiger partial charge >= 0.3 is 5.97 Å². The largest absolute Gasteiger partial charge is 0.478 e. The second-order valence-electron chi connectivity index (χ2n) is 4.87. The zero-order valence-electron chi connectivity index (χ0n) is 12.3. The molecule has 21 heavy (non-hydrogen) atoms. The highest BCUT2D eigenvalue weighted by molar-refractivity contribution is 7.89. The molecule has 0 aliphatic heterocycles. The molecule has 0 saturated heterocycles. The van der Waals surface area contributed by atoms with Gasteiger partial charge in [-0.05, 0) is 31.5 Å². The van der Waals surface area contributed by atoms with Gasteiger partial charge in [-0.3, -0.25) is 0 Å². The van der Waals surface area contributed by atoms with E-state index in [1.54, 1.807) is 6.08 Å². The lowest BCUT2D eigenvalue weighted by atomic mass is 10.1. The summed E-state index contributed by atoms with van der Waals surface area (Å²) in [6.45, 7) is 5.51. The molecule has 0 aromatic heterocycles. The maximum atomic E-state index is 12.0. The van der Waals surface area contributed by atoms with E-state index >= 15 is 0 Å². The molecule has 0 amide bonds. The summed E-state index contributed by atoms with van der Waals surface area (Å²) in [7, 11) is -0.868. The Morgan fingerprint density at radius 2 is 2.10 bits per heavy atom. The smallest absolute Gasteiger partial charge is 0.337 e. The number of nitrogens with one attached hydrogen (secondary N) is 1. The summed E-state index contributed by atoms with van der Waals surface area (Å²) in [5.41, 5.74) is 0.309. The van der Waals surface area contributed by atoms with Crippen LogP contribution in [0.5, 0.6) is 0 Å². The van der Waals surface area contributed by atoms with Crippen molar-refractivity contribution in [3.05, 3.63) is 36.4 Å². The molecular weight excluding hydrogens is 292 g/mol. The number of carbonyl (C=O) groups is 1. The molecule has 2 N–H and O–H groups in total. The highest BCUT2D eigenvalue weighted by atomic mass is 32.2. The maximum absolute atomic E-state index is 12.0. The van der Waals surface area contributed by atoms with E-state index in [1.807, 2.05) is 6.92 Å². The van der Waals surface area contributed by atoms with Crippen molar-refractivity contribution < 1.29 is 18.3 Å². The van der Waals surface area contributed by atoms with Crippen LogP contribution in [0.25, 0.3) is 0 Å². The molecule has 1 atom stereocenters. The monoisotopic (exact) mass is 312 g/mol. The Bertz CT molecular complexity index is 638. The molecular formula is C14H20N2O4S. The minimum absolute atomic E-state index is 0.00286. The first-order chi connectivity index (χ1) is 9.70. The van der Waals surface area contributed by atoms with Crippen LogP contribution in [-0.2, 0) is 10.0 Å². The van der Waals surface area contributed by atoms with E-state index in [9.17, 15) is 18.3 Å². The summed E-state index contributed by atoms with van der Waals surface area (Å²) < 4.78 is 25.1. The summed E-state index contributed by atoms with van der Waals surface area (Å²) in [5.74, 6) is -1.18. The third-order valence-corrected chi connectivity index (χ3v) is 4.73. The molecule has 0 fully saturated rings. The standard InChI is InChI=1S/C14H20N2O4S/c1-5-6-10(2)15-13-8-7-11(9-12(13)14(17)18)21(19,20)16(3)4/h5,7-10,15H,1,6H2,2-4H3,(H,17,18). The van der Waals surface area contributed by atoms with Crippen LogP contribution in [0.4, 0.5) is 5.69 Å². The van der Waals surface area contributed by atoms with Gasteiger partial charge in [0.05, 0.1) is 10.5 Å². The topological polar surface area (TPSA) is 86.7 Å². The predicted molar refractivity (Wildman–Crippen MR) is 82.2 cm³/mol. The predicted octanol–water partition coefficient (Wildman–Crippen LogP) is 2.01. The van der Waals surface area contributed by atoms with Crippen LogP contribution in [0, 0.1) is 0 Å². The minimum Gasteiger partial charge on any atom is -0.478 e. The Hall–Kier alpha value is -1.86. The van der Waals surface area contributed by atoms with E-state index in [4.69, 9.17) is 0 Å². The quantitative estimate of drug-likeness (QED) is 0.752. The maximum Gasteiger partial charge on any atom is 0.337 e.